The number of aryl methyl sites for hydroxylation is 1. The van der Waals surface area contributed by atoms with E-state index in [1.807, 2.05) is 19.1 Å². The van der Waals surface area contributed by atoms with Crippen molar-refractivity contribution < 1.29 is 4.74 Å². The van der Waals surface area contributed by atoms with Gasteiger partial charge in [-0.1, -0.05) is 11.6 Å². The molecule has 27 heavy (non-hydrogen) atoms. The van der Waals surface area contributed by atoms with Crippen molar-refractivity contribution in [2.45, 2.75) is 19.8 Å². The van der Waals surface area contributed by atoms with Crippen LogP contribution in [0.2, 0.25) is 5.02 Å². The van der Waals surface area contributed by atoms with Gasteiger partial charge in [0, 0.05) is 29.7 Å². The molecular formula is C20H17ClN4O2. The van der Waals surface area contributed by atoms with Crippen molar-refractivity contribution in [3.8, 4) is 11.4 Å². The number of ether oxygens (including phenoxy) is 1. The highest BCUT2D eigenvalue weighted by Gasteiger charge is 2.24. The third-order valence-electron chi connectivity index (χ3n) is 4.93. The zero-order valence-electron chi connectivity index (χ0n) is 14.7. The third-order valence-corrected chi connectivity index (χ3v) is 5.15. The second-order valence-electron chi connectivity index (χ2n) is 6.90. The summed E-state index contributed by atoms with van der Waals surface area (Å²) in [4.78, 5) is 21.8. The number of nitrogens with zero attached hydrogens (tertiary/aromatic N) is 4. The van der Waals surface area contributed by atoms with Crippen molar-refractivity contribution in [3.05, 3.63) is 63.9 Å². The lowest BCUT2D eigenvalue weighted by molar-refractivity contribution is 0.302. The van der Waals surface area contributed by atoms with E-state index in [0.29, 0.717) is 40.1 Å². The van der Waals surface area contributed by atoms with Gasteiger partial charge in [0.25, 0.3) is 5.56 Å². The quantitative estimate of drug-likeness (QED) is 0.540. The van der Waals surface area contributed by atoms with Crippen molar-refractivity contribution in [1.82, 2.24) is 18.9 Å². The van der Waals surface area contributed by atoms with Gasteiger partial charge >= 0.3 is 0 Å². The number of imidazole rings is 1. The molecule has 0 atom stereocenters. The molecule has 1 saturated carbocycles. The number of pyridine rings is 1. The predicted octanol–water partition coefficient (Wildman–Crippen LogP) is 3.78. The fourth-order valence-corrected chi connectivity index (χ4v) is 3.58. The Hall–Kier alpha value is -2.86. The standard InChI is InChI=1S/C20H17ClN4O2/c1-12-15(3-2-6-22-12)25-16-9-14(21)10-17(27-11-13-4-5-13)18(16)24-8-7-23-19(24)20(25)26/h2-3,6-10,13H,4-5,11H2,1H3. The van der Waals surface area contributed by atoms with Crippen LogP contribution in [0, 0.1) is 12.8 Å². The molecule has 5 rings (SSSR count). The summed E-state index contributed by atoms with van der Waals surface area (Å²) in [5, 5.41) is 0.516. The van der Waals surface area contributed by atoms with Gasteiger partial charge in [0.15, 0.2) is 0 Å². The van der Waals surface area contributed by atoms with E-state index in [1.165, 1.54) is 12.8 Å². The molecule has 3 aromatic heterocycles. The summed E-state index contributed by atoms with van der Waals surface area (Å²) in [7, 11) is 0. The first-order chi connectivity index (χ1) is 13.1. The number of benzene rings is 1. The number of aromatic nitrogens is 4. The second kappa shape index (κ2) is 6.09. The first-order valence-corrected chi connectivity index (χ1v) is 9.27. The largest absolute Gasteiger partial charge is 0.491 e. The van der Waals surface area contributed by atoms with Crippen molar-refractivity contribution in [3.63, 3.8) is 0 Å². The Labute approximate surface area is 160 Å². The minimum atomic E-state index is -0.223. The van der Waals surface area contributed by atoms with Crippen LogP contribution in [0.15, 0.2) is 47.7 Å². The summed E-state index contributed by atoms with van der Waals surface area (Å²) < 4.78 is 9.50. The zero-order valence-corrected chi connectivity index (χ0v) is 15.5. The summed E-state index contributed by atoms with van der Waals surface area (Å²) in [6.45, 7) is 2.52. The van der Waals surface area contributed by atoms with Gasteiger partial charge in [-0.05, 0) is 43.9 Å². The Kier molecular flexibility index (Phi) is 3.68. The van der Waals surface area contributed by atoms with E-state index < -0.39 is 0 Å². The van der Waals surface area contributed by atoms with Crippen LogP contribution in [0.1, 0.15) is 18.5 Å². The van der Waals surface area contributed by atoms with Gasteiger partial charge in [-0.25, -0.2) is 4.98 Å². The van der Waals surface area contributed by atoms with E-state index >= 15 is 0 Å². The Morgan fingerprint density at radius 1 is 1.26 bits per heavy atom. The highest BCUT2D eigenvalue weighted by atomic mass is 35.5. The fourth-order valence-electron chi connectivity index (χ4n) is 3.38. The van der Waals surface area contributed by atoms with Gasteiger partial charge in [0.1, 0.15) is 11.3 Å². The molecule has 136 valence electrons. The van der Waals surface area contributed by atoms with Crippen LogP contribution in [-0.4, -0.2) is 25.5 Å². The molecule has 3 heterocycles. The summed E-state index contributed by atoms with van der Waals surface area (Å²) >= 11 is 6.40. The number of rotatable bonds is 4. The van der Waals surface area contributed by atoms with Gasteiger partial charge in [-0.2, -0.15) is 0 Å². The lowest BCUT2D eigenvalue weighted by Gasteiger charge is -2.17. The van der Waals surface area contributed by atoms with E-state index in [-0.39, 0.29) is 5.56 Å². The molecule has 0 N–H and O–H groups in total. The lowest BCUT2D eigenvalue weighted by atomic mass is 10.2. The van der Waals surface area contributed by atoms with E-state index in [4.69, 9.17) is 16.3 Å². The second-order valence-corrected chi connectivity index (χ2v) is 7.33. The van der Waals surface area contributed by atoms with Crippen molar-refractivity contribution in [2.24, 2.45) is 5.92 Å². The molecule has 0 spiro atoms. The van der Waals surface area contributed by atoms with Crippen molar-refractivity contribution in [2.75, 3.05) is 6.61 Å². The van der Waals surface area contributed by atoms with Crippen molar-refractivity contribution >= 4 is 28.3 Å². The monoisotopic (exact) mass is 380 g/mol. The van der Waals surface area contributed by atoms with Gasteiger partial charge in [0.2, 0.25) is 5.65 Å². The molecule has 0 unspecified atom stereocenters. The van der Waals surface area contributed by atoms with E-state index in [2.05, 4.69) is 9.97 Å². The highest BCUT2D eigenvalue weighted by Crippen LogP contribution is 2.34. The Bertz CT molecular complexity index is 1240. The zero-order chi connectivity index (χ0) is 18.5. The molecule has 7 heteroatoms. The topological polar surface area (TPSA) is 61.4 Å². The summed E-state index contributed by atoms with van der Waals surface area (Å²) in [5.74, 6) is 1.26. The molecule has 1 aliphatic rings. The predicted molar refractivity (Wildman–Crippen MR) is 104 cm³/mol. The molecule has 1 aromatic carbocycles. The smallest absolute Gasteiger partial charge is 0.299 e. The summed E-state index contributed by atoms with van der Waals surface area (Å²) in [5.41, 5.74) is 3.00. The third kappa shape index (κ3) is 2.68. The van der Waals surface area contributed by atoms with Crippen LogP contribution >= 0.6 is 11.6 Å². The highest BCUT2D eigenvalue weighted by molar-refractivity contribution is 6.31. The molecule has 4 aromatic rings. The fraction of sp³-hybridized carbons (Fsp3) is 0.250. The van der Waals surface area contributed by atoms with E-state index in [9.17, 15) is 4.79 Å². The molecule has 6 nitrogen and oxygen atoms in total. The van der Waals surface area contributed by atoms with Crippen LogP contribution in [0.25, 0.3) is 22.4 Å². The molecular weight excluding hydrogens is 364 g/mol. The van der Waals surface area contributed by atoms with Crippen molar-refractivity contribution in [1.29, 1.82) is 0 Å². The molecule has 0 bridgehead atoms. The molecule has 0 radical (unpaired) electrons. The first kappa shape index (κ1) is 16.3. The number of hydrogen-bond donors (Lipinski definition) is 0. The lowest BCUT2D eigenvalue weighted by Crippen LogP contribution is -2.23. The van der Waals surface area contributed by atoms with Crippen LogP contribution < -0.4 is 10.3 Å². The van der Waals surface area contributed by atoms with Crippen LogP contribution in [0.4, 0.5) is 0 Å². The summed E-state index contributed by atoms with van der Waals surface area (Å²) in [6.07, 6.45) is 7.49. The SMILES string of the molecule is Cc1ncccc1-n1c(=O)c2nccn2c2c(OCC3CC3)cc(Cl)cc21. The van der Waals surface area contributed by atoms with Crippen LogP contribution in [0.5, 0.6) is 5.75 Å². The maximum absolute atomic E-state index is 13.2. The summed E-state index contributed by atoms with van der Waals surface area (Å²) in [6, 6.07) is 7.27. The van der Waals surface area contributed by atoms with Gasteiger partial charge in [-0.15, -0.1) is 0 Å². The minimum Gasteiger partial charge on any atom is -0.491 e. The molecule has 0 aliphatic heterocycles. The molecule has 0 amide bonds. The maximum atomic E-state index is 13.2. The first-order valence-electron chi connectivity index (χ1n) is 8.89. The van der Waals surface area contributed by atoms with Gasteiger partial charge in [-0.3, -0.25) is 18.7 Å². The Balaban J connectivity index is 1.89. The average molecular weight is 381 g/mol. The molecule has 1 aliphatic carbocycles. The van der Waals surface area contributed by atoms with E-state index in [1.54, 1.807) is 39.7 Å². The molecule has 0 saturated heterocycles. The van der Waals surface area contributed by atoms with Crippen LogP contribution in [-0.2, 0) is 0 Å². The average Bonchev–Trinajstić information content (AvgIpc) is 3.35. The Morgan fingerprint density at radius 3 is 2.89 bits per heavy atom. The number of hydrogen-bond acceptors (Lipinski definition) is 4. The van der Waals surface area contributed by atoms with Gasteiger partial charge in [0.05, 0.1) is 23.5 Å². The molecule has 1 fully saturated rings. The normalized spacial score (nSPS) is 14.1. The number of halogens is 1. The Morgan fingerprint density at radius 2 is 2.11 bits per heavy atom. The van der Waals surface area contributed by atoms with E-state index in [0.717, 1.165) is 11.2 Å². The number of fused-ring (bicyclic) bond motifs is 3. The maximum Gasteiger partial charge on any atom is 0.299 e. The van der Waals surface area contributed by atoms with Gasteiger partial charge < -0.3 is 4.74 Å². The minimum absolute atomic E-state index is 0.223. The van der Waals surface area contributed by atoms with Crippen LogP contribution in [0.3, 0.4) is 0 Å².